The number of amides is 1. The van der Waals surface area contributed by atoms with Gasteiger partial charge in [0.15, 0.2) is 0 Å². The van der Waals surface area contributed by atoms with Crippen molar-refractivity contribution in [2.45, 2.75) is 0 Å². The minimum atomic E-state index is -0.186. The molecule has 0 aliphatic rings. The number of hydrazine groups is 1. The molecule has 1 amide bonds. The third kappa shape index (κ3) is 2.23. The molecule has 0 unspecified atom stereocenters. The zero-order chi connectivity index (χ0) is 10.7. The van der Waals surface area contributed by atoms with Crippen LogP contribution >= 0.6 is 0 Å². The predicted octanol–water partition coefficient (Wildman–Crippen LogP) is 0.698. The second-order valence-electron chi connectivity index (χ2n) is 3.36. The maximum absolute atomic E-state index is 11.5. The topological polar surface area (TPSA) is 49.6 Å². The van der Waals surface area contributed by atoms with Gasteiger partial charge in [0.25, 0.3) is 5.91 Å². The fraction of sp³-hybridized carbons (Fsp3) is 0.300. The minimum absolute atomic E-state index is 0.186. The number of anilines is 1. The van der Waals surface area contributed by atoms with E-state index in [4.69, 9.17) is 5.84 Å². The number of rotatable bonds is 2. The fourth-order valence-corrected chi connectivity index (χ4v) is 1.12. The second-order valence-corrected chi connectivity index (χ2v) is 3.36. The molecule has 0 spiro atoms. The highest BCUT2D eigenvalue weighted by Gasteiger charge is 2.08. The number of benzene rings is 1. The molecule has 1 aromatic rings. The van der Waals surface area contributed by atoms with E-state index in [2.05, 4.69) is 0 Å². The van der Waals surface area contributed by atoms with Gasteiger partial charge < -0.3 is 4.90 Å². The quantitative estimate of drug-likeness (QED) is 0.427. The number of carbonyl (C=O) groups is 1. The van der Waals surface area contributed by atoms with E-state index < -0.39 is 0 Å². The number of hydrogen-bond donors (Lipinski definition) is 1. The van der Waals surface area contributed by atoms with E-state index in [1.807, 2.05) is 37.2 Å². The van der Waals surface area contributed by atoms with Crippen molar-refractivity contribution in [3.63, 3.8) is 0 Å². The van der Waals surface area contributed by atoms with Gasteiger partial charge in [-0.25, -0.2) is 5.84 Å². The van der Waals surface area contributed by atoms with Crippen LogP contribution < -0.4 is 10.7 Å². The van der Waals surface area contributed by atoms with Crippen molar-refractivity contribution < 1.29 is 4.79 Å². The average Bonchev–Trinajstić information content (AvgIpc) is 2.16. The van der Waals surface area contributed by atoms with Gasteiger partial charge >= 0.3 is 0 Å². The highest BCUT2D eigenvalue weighted by molar-refractivity contribution is 5.94. The van der Waals surface area contributed by atoms with Crippen molar-refractivity contribution in [3.05, 3.63) is 29.8 Å². The summed E-state index contributed by atoms with van der Waals surface area (Å²) in [6, 6.07) is 7.34. The molecule has 1 rings (SSSR count). The molecule has 14 heavy (non-hydrogen) atoms. The molecule has 0 saturated carbocycles. The Morgan fingerprint density at radius 3 is 2.43 bits per heavy atom. The number of carbonyl (C=O) groups excluding carboxylic acids is 1. The Balaban J connectivity index is 3.00. The van der Waals surface area contributed by atoms with Crippen molar-refractivity contribution in [2.75, 3.05) is 26.0 Å². The number of hydrogen-bond acceptors (Lipinski definition) is 3. The minimum Gasteiger partial charge on any atom is -0.378 e. The molecule has 0 heterocycles. The molecule has 0 aliphatic heterocycles. The van der Waals surface area contributed by atoms with Crippen LogP contribution in [0.5, 0.6) is 0 Å². The standard InChI is InChI=1S/C10H15N3O/c1-12(2)9-6-4-5-8(7-9)10(14)13(3)11/h4-7H,11H2,1-3H3. The lowest BCUT2D eigenvalue weighted by Gasteiger charge is -2.15. The van der Waals surface area contributed by atoms with Gasteiger partial charge in [-0.3, -0.25) is 9.80 Å². The van der Waals surface area contributed by atoms with Crippen LogP contribution in [0, 0.1) is 0 Å². The molecule has 0 bridgehead atoms. The van der Waals surface area contributed by atoms with Gasteiger partial charge in [-0.1, -0.05) is 6.07 Å². The van der Waals surface area contributed by atoms with Crippen molar-refractivity contribution >= 4 is 11.6 Å². The van der Waals surface area contributed by atoms with Crippen LogP contribution in [0.3, 0.4) is 0 Å². The summed E-state index contributed by atoms with van der Waals surface area (Å²) in [6.45, 7) is 0. The largest absolute Gasteiger partial charge is 0.378 e. The normalized spacial score (nSPS) is 9.71. The Bertz CT molecular complexity index is 334. The molecule has 4 heteroatoms. The Kier molecular flexibility index (Phi) is 3.09. The summed E-state index contributed by atoms with van der Waals surface area (Å²) in [5.74, 6) is 5.18. The van der Waals surface area contributed by atoms with Crippen LogP contribution in [-0.2, 0) is 0 Å². The highest BCUT2D eigenvalue weighted by Crippen LogP contribution is 2.13. The first-order chi connectivity index (χ1) is 6.52. The van der Waals surface area contributed by atoms with E-state index in [9.17, 15) is 4.79 Å². The Morgan fingerprint density at radius 2 is 1.93 bits per heavy atom. The first kappa shape index (κ1) is 10.5. The summed E-state index contributed by atoms with van der Waals surface area (Å²) in [5, 5.41) is 1.08. The zero-order valence-corrected chi connectivity index (χ0v) is 8.69. The van der Waals surface area contributed by atoms with E-state index in [1.165, 1.54) is 7.05 Å². The molecule has 0 fully saturated rings. The number of nitrogens with zero attached hydrogens (tertiary/aromatic N) is 2. The summed E-state index contributed by atoms with van der Waals surface area (Å²) in [7, 11) is 5.39. The third-order valence-electron chi connectivity index (χ3n) is 1.93. The van der Waals surface area contributed by atoms with E-state index in [0.29, 0.717) is 5.56 Å². The molecular formula is C10H15N3O. The first-order valence-corrected chi connectivity index (χ1v) is 4.32. The number of nitrogens with two attached hydrogens (primary N) is 1. The van der Waals surface area contributed by atoms with Crippen molar-refractivity contribution in [1.82, 2.24) is 5.01 Å². The monoisotopic (exact) mass is 193 g/mol. The summed E-state index contributed by atoms with van der Waals surface area (Å²) >= 11 is 0. The van der Waals surface area contributed by atoms with Gasteiger partial charge in [0.2, 0.25) is 0 Å². The van der Waals surface area contributed by atoms with E-state index >= 15 is 0 Å². The Morgan fingerprint density at radius 1 is 1.29 bits per heavy atom. The lowest BCUT2D eigenvalue weighted by molar-refractivity contribution is 0.0795. The highest BCUT2D eigenvalue weighted by atomic mass is 16.2. The summed E-state index contributed by atoms with van der Waals surface area (Å²) in [4.78, 5) is 13.4. The van der Waals surface area contributed by atoms with Gasteiger partial charge in [0.1, 0.15) is 0 Å². The van der Waals surface area contributed by atoms with E-state index in [1.54, 1.807) is 6.07 Å². The van der Waals surface area contributed by atoms with Crippen LogP contribution in [0.4, 0.5) is 5.69 Å². The Labute approximate surface area is 83.9 Å². The van der Waals surface area contributed by atoms with Crippen LogP contribution in [0.1, 0.15) is 10.4 Å². The van der Waals surface area contributed by atoms with Crippen molar-refractivity contribution in [1.29, 1.82) is 0 Å². The smallest absolute Gasteiger partial charge is 0.267 e. The Hall–Kier alpha value is -1.55. The van der Waals surface area contributed by atoms with Gasteiger partial charge in [-0.2, -0.15) is 0 Å². The van der Waals surface area contributed by atoms with Gasteiger partial charge in [-0.05, 0) is 18.2 Å². The maximum Gasteiger partial charge on any atom is 0.267 e. The molecule has 0 aromatic heterocycles. The van der Waals surface area contributed by atoms with Crippen LogP contribution in [0.15, 0.2) is 24.3 Å². The van der Waals surface area contributed by atoms with E-state index in [-0.39, 0.29) is 5.91 Å². The van der Waals surface area contributed by atoms with Gasteiger partial charge in [0, 0.05) is 32.4 Å². The SMILES string of the molecule is CN(N)C(=O)c1cccc(N(C)C)c1. The summed E-state index contributed by atoms with van der Waals surface area (Å²) in [5.41, 5.74) is 1.58. The molecule has 0 atom stereocenters. The zero-order valence-electron chi connectivity index (χ0n) is 8.69. The summed E-state index contributed by atoms with van der Waals surface area (Å²) in [6.07, 6.45) is 0. The molecule has 1 aromatic carbocycles. The average molecular weight is 193 g/mol. The molecule has 0 saturated heterocycles. The van der Waals surface area contributed by atoms with Gasteiger partial charge in [-0.15, -0.1) is 0 Å². The van der Waals surface area contributed by atoms with Crippen LogP contribution in [0.25, 0.3) is 0 Å². The van der Waals surface area contributed by atoms with E-state index in [0.717, 1.165) is 10.7 Å². The summed E-state index contributed by atoms with van der Waals surface area (Å²) < 4.78 is 0. The fourth-order valence-electron chi connectivity index (χ4n) is 1.12. The molecule has 0 radical (unpaired) electrons. The van der Waals surface area contributed by atoms with Crippen LogP contribution in [0.2, 0.25) is 0 Å². The lowest BCUT2D eigenvalue weighted by atomic mass is 10.2. The molecule has 0 aliphatic carbocycles. The third-order valence-corrected chi connectivity index (χ3v) is 1.93. The van der Waals surface area contributed by atoms with Crippen molar-refractivity contribution in [2.24, 2.45) is 5.84 Å². The molecule has 4 nitrogen and oxygen atoms in total. The van der Waals surface area contributed by atoms with Gasteiger partial charge in [0.05, 0.1) is 0 Å². The molecule has 2 N–H and O–H groups in total. The maximum atomic E-state index is 11.5. The van der Waals surface area contributed by atoms with Crippen LogP contribution in [-0.4, -0.2) is 32.1 Å². The molecular weight excluding hydrogens is 178 g/mol. The first-order valence-electron chi connectivity index (χ1n) is 4.32. The lowest BCUT2D eigenvalue weighted by Crippen LogP contribution is -2.33. The predicted molar refractivity (Wildman–Crippen MR) is 57.0 cm³/mol. The second kappa shape index (κ2) is 4.11. The molecule has 76 valence electrons. The van der Waals surface area contributed by atoms with Crippen molar-refractivity contribution in [3.8, 4) is 0 Å².